The van der Waals surface area contributed by atoms with Crippen LogP contribution in [0.5, 0.6) is 0 Å². The molecule has 0 amide bonds. The summed E-state index contributed by atoms with van der Waals surface area (Å²) >= 11 is 0. The maximum absolute atomic E-state index is 9.48. The van der Waals surface area contributed by atoms with Crippen LogP contribution in [0.3, 0.4) is 0 Å². The second-order valence-corrected chi connectivity index (χ2v) is 3.48. The van der Waals surface area contributed by atoms with Crippen LogP contribution in [-0.2, 0) is 0 Å². The van der Waals surface area contributed by atoms with E-state index >= 15 is 0 Å². The molecule has 0 aliphatic heterocycles. The van der Waals surface area contributed by atoms with E-state index < -0.39 is 18.5 Å². The Morgan fingerprint density at radius 3 is 2.46 bits per heavy atom. The van der Waals surface area contributed by atoms with Gasteiger partial charge in [0.1, 0.15) is 0 Å². The van der Waals surface area contributed by atoms with Gasteiger partial charge in [0.2, 0.25) is 0 Å². The van der Waals surface area contributed by atoms with Crippen molar-refractivity contribution in [1.82, 2.24) is 0 Å². The Labute approximate surface area is 77.1 Å². The molecule has 0 radical (unpaired) electrons. The molecule has 0 aromatic rings. The normalized spacial score (nSPS) is 34.1. The van der Waals surface area contributed by atoms with E-state index in [4.69, 9.17) is 15.3 Å². The van der Waals surface area contributed by atoms with E-state index in [-0.39, 0.29) is 12.3 Å². The van der Waals surface area contributed by atoms with Crippen molar-refractivity contribution in [2.45, 2.75) is 37.8 Å². The molecule has 0 aromatic carbocycles. The molecule has 0 fully saturated rings. The Balaban J connectivity index is 2.37. The first kappa shape index (κ1) is 10.7. The van der Waals surface area contributed by atoms with Crippen molar-refractivity contribution >= 4 is 0 Å². The lowest BCUT2D eigenvalue weighted by Crippen LogP contribution is -2.28. The average Bonchev–Trinajstić information content (AvgIpc) is 2.02. The van der Waals surface area contributed by atoms with Crippen LogP contribution in [0.2, 0.25) is 0 Å². The van der Waals surface area contributed by atoms with Gasteiger partial charge in [-0.2, -0.15) is 0 Å². The predicted octanol–water partition coefficient (Wildman–Crippen LogP) is -0.625. The van der Waals surface area contributed by atoms with Gasteiger partial charge in [-0.3, -0.25) is 0 Å². The van der Waals surface area contributed by atoms with E-state index in [1.54, 1.807) is 12.2 Å². The summed E-state index contributed by atoms with van der Waals surface area (Å²) < 4.78 is 0. The minimum Gasteiger partial charge on any atom is -0.392 e. The fourth-order valence-electron chi connectivity index (χ4n) is 1.53. The van der Waals surface area contributed by atoms with Crippen LogP contribution in [0, 0.1) is 5.92 Å². The Bertz CT molecular complexity index is 178. The highest BCUT2D eigenvalue weighted by atomic mass is 16.5. The van der Waals surface area contributed by atoms with Crippen LogP contribution >= 0.6 is 0 Å². The molecular formula is C9H16O4. The lowest BCUT2D eigenvalue weighted by molar-refractivity contribution is -0.0520. The van der Waals surface area contributed by atoms with Gasteiger partial charge in [0.15, 0.2) is 6.29 Å². The van der Waals surface area contributed by atoms with Crippen LogP contribution in [0.15, 0.2) is 12.2 Å². The second-order valence-electron chi connectivity index (χ2n) is 3.48. The maximum atomic E-state index is 9.48. The van der Waals surface area contributed by atoms with Crippen molar-refractivity contribution in [3.63, 3.8) is 0 Å². The molecule has 4 nitrogen and oxygen atoms in total. The molecule has 0 saturated carbocycles. The molecular weight excluding hydrogens is 172 g/mol. The zero-order valence-electron chi connectivity index (χ0n) is 7.37. The standard InChI is InChI=1S/C9H16O4/c10-7-3-1-6(8(11)5-7)2-4-9(12)13/h1,3,6-13H,2,4-5H2. The molecule has 3 unspecified atom stereocenters. The smallest absolute Gasteiger partial charge is 0.151 e. The topological polar surface area (TPSA) is 80.9 Å². The molecule has 1 aliphatic carbocycles. The van der Waals surface area contributed by atoms with Gasteiger partial charge < -0.3 is 20.4 Å². The van der Waals surface area contributed by atoms with Gasteiger partial charge in [-0.05, 0) is 12.8 Å². The number of aliphatic hydroxyl groups is 4. The summed E-state index contributed by atoms with van der Waals surface area (Å²) in [6.45, 7) is 0. The second kappa shape index (κ2) is 4.72. The molecule has 1 rings (SSSR count). The Hall–Kier alpha value is -0.420. The molecule has 4 heteroatoms. The van der Waals surface area contributed by atoms with Crippen LogP contribution < -0.4 is 0 Å². The predicted molar refractivity (Wildman–Crippen MR) is 46.7 cm³/mol. The van der Waals surface area contributed by atoms with Crippen LogP contribution in [0.25, 0.3) is 0 Å². The highest BCUT2D eigenvalue weighted by Gasteiger charge is 2.23. The van der Waals surface area contributed by atoms with Crippen molar-refractivity contribution in [3.8, 4) is 0 Å². The maximum Gasteiger partial charge on any atom is 0.151 e. The Kier molecular flexibility index (Phi) is 3.87. The van der Waals surface area contributed by atoms with Crippen molar-refractivity contribution in [3.05, 3.63) is 12.2 Å². The molecule has 0 heterocycles. The minimum absolute atomic E-state index is 0.0646. The summed E-state index contributed by atoms with van der Waals surface area (Å²) in [6, 6.07) is 0. The van der Waals surface area contributed by atoms with Gasteiger partial charge in [0.05, 0.1) is 12.2 Å². The quantitative estimate of drug-likeness (QED) is 0.351. The monoisotopic (exact) mass is 188 g/mol. The summed E-state index contributed by atoms with van der Waals surface area (Å²) in [6.07, 6.45) is 2.05. The van der Waals surface area contributed by atoms with Gasteiger partial charge in [0.25, 0.3) is 0 Å². The molecule has 0 spiro atoms. The number of rotatable bonds is 3. The lowest BCUT2D eigenvalue weighted by Gasteiger charge is -2.25. The van der Waals surface area contributed by atoms with Crippen molar-refractivity contribution in [2.75, 3.05) is 0 Å². The minimum atomic E-state index is -1.31. The summed E-state index contributed by atoms with van der Waals surface area (Å²) in [5, 5.41) is 35.9. The largest absolute Gasteiger partial charge is 0.392 e. The third-order valence-electron chi connectivity index (χ3n) is 2.32. The summed E-state index contributed by atoms with van der Waals surface area (Å²) in [5.74, 6) is -0.0646. The molecule has 1 aliphatic rings. The summed E-state index contributed by atoms with van der Waals surface area (Å²) in [7, 11) is 0. The van der Waals surface area contributed by atoms with Crippen molar-refractivity contribution < 1.29 is 20.4 Å². The molecule has 4 N–H and O–H groups in total. The van der Waals surface area contributed by atoms with Crippen molar-refractivity contribution in [2.24, 2.45) is 5.92 Å². The van der Waals surface area contributed by atoms with Gasteiger partial charge in [-0.25, -0.2) is 0 Å². The first-order valence-corrected chi connectivity index (χ1v) is 4.50. The van der Waals surface area contributed by atoms with Crippen LogP contribution in [0.1, 0.15) is 19.3 Å². The fourth-order valence-corrected chi connectivity index (χ4v) is 1.53. The Morgan fingerprint density at radius 2 is 1.92 bits per heavy atom. The zero-order valence-corrected chi connectivity index (χ0v) is 7.37. The average molecular weight is 188 g/mol. The van der Waals surface area contributed by atoms with Crippen LogP contribution in [0.4, 0.5) is 0 Å². The van der Waals surface area contributed by atoms with Gasteiger partial charge >= 0.3 is 0 Å². The highest BCUT2D eigenvalue weighted by Crippen LogP contribution is 2.22. The number of aliphatic hydroxyl groups excluding tert-OH is 3. The van der Waals surface area contributed by atoms with E-state index in [1.807, 2.05) is 0 Å². The Morgan fingerprint density at radius 1 is 1.23 bits per heavy atom. The van der Waals surface area contributed by atoms with Gasteiger partial charge in [-0.1, -0.05) is 12.2 Å². The van der Waals surface area contributed by atoms with Crippen LogP contribution in [-0.4, -0.2) is 38.9 Å². The third-order valence-corrected chi connectivity index (χ3v) is 2.32. The van der Waals surface area contributed by atoms with E-state index in [9.17, 15) is 5.11 Å². The van der Waals surface area contributed by atoms with E-state index in [2.05, 4.69) is 0 Å². The molecule has 0 saturated heterocycles. The molecule has 0 bridgehead atoms. The summed E-state index contributed by atoms with van der Waals surface area (Å²) in [5.41, 5.74) is 0. The number of hydrogen-bond acceptors (Lipinski definition) is 4. The molecule has 13 heavy (non-hydrogen) atoms. The molecule has 0 aromatic heterocycles. The lowest BCUT2D eigenvalue weighted by atomic mass is 9.88. The third kappa shape index (κ3) is 3.44. The fraction of sp³-hybridized carbons (Fsp3) is 0.778. The first-order chi connectivity index (χ1) is 6.09. The van der Waals surface area contributed by atoms with E-state index in [1.165, 1.54) is 0 Å². The SMILES string of the molecule is OC(O)CCC1C=CC(O)CC1O. The van der Waals surface area contributed by atoms with Gasteiger partial charge in [-0.15, -0.1) is 0 Å². The van der Waals surface area contributed by atoms with E-state index in [0.717, 1.165) is 0 Å². The highest BCUT2D eigenvalue weighted by molar-refractivity contribution is 5.02. The summed E-state index contributed by atoms with van der Waals surface area (Å²) in [4.78, 5) is 0. The van der Waals surface area contributed by atoms with Gasteiger partial charge in [0, 0.05) is 12.3 Å². The van der Waals surface area contributed by atoms with E-state index in [0.29, 0.717) is 12.8 Å². The van der Waals surface area contributed by atoms with Crippen molar-refractivity contribution in [1.29, 1.82) is 0 Å². The number of hydrogen-bond donors (Lipinski definition) is 4. The molecule has 3 atom stereocenters. The first-order valence-electron chi connectivity index (χ1n) is 4.50. The molecule has 76 valence electrons. The zero-order chi connectivity index (χ0) is 9.84.